The van der Waals surface area contributed by atoms with Gasteiger partial charge in [0.25, 0.3) is 0 Å². The van der Waals surface area contributed by atoms with Crippen molar-refractivity contribution in [3.05, 3.63) is 29.0 Å². The molecule has 7 nitrogen and oxygen atoms in total. The van der Waals surface area contributed by atoms with Crippen LogP contribution in [0.2, 0.25) is 5.02 Å². The summed E-state index contributed by atoms with van der Waals surface area (Å²) in [4.78, 5) is 32.9. The molecule has 2 amide bonds. The van der Waals surface area contributed by atoms with Gasteiger partial charge in [-0.3, -0.25) is 4.79 Å². The summed E-state index contributed by atoms with van der Waals surface area (Å²) in [5, 5.41) is 21.7. The Hall–Kier alpha value is -2.35. The van der Waals surface area contributed by atoms with Crippen molar-refractivity contribution in [2.45, 2.75) is 18.9 Å². The number of carboxylic acids is 2. The molecule has 1 aromatic rings. The molecule has 0 saturated heterocycles. The first-order valence-corrected chi connectivity index (χ1v) is 6.14. The molecule has 1 rings (SSSR count). The minimum atomic E-state index is -1.38. The van der Waals surface area contributed by atoms with Crippen LogP contribution in [0.4, 0.5) is 14.9 Å². The van der Waals surface area contributed by atoms with Crippen LogP contribution in [0.15, 0.2) is 18.2 Å². The lowest BCUT2D eigenvalue weighted by Crippen LogP contribution is -2.43. The molecule has 0 saturated carbocycles. The highest BCUT2D eigenvalue weighted by atomic mass is 35.5. The second-order valence-electron chi connectivity index (χ2n) is 4.05. The number of urea groups is 1. The van der Waals surface area contributed by atoms with Crippen LogP contribution in [0.1, 0.15) is 12.8 Å². The number of halogens is 2. The number of benzene rings is 1. The van der Waals surface area contributed by atoms with Gasteiger partial charge >= 0.3 is 18.0 Å². The first-order valence-electron chi connectivity index (χ1n) is 5.76. The molecule has 114 valence electrons. The normalized spacial score (nSPS) is 11.5. The zero-order valence-corrected chi connectivity index (χ0v) is 11.4. The van der Waals surface area contributed by atoms with Crippen LogP contribution in [0.3, 0.4) is 0 Å². The quantitative estimate of drug-likeness (QED) is 0.639. The molecule has 1 atom stereocenters. The molecule has 0 spiro atoms. The Bertz CT molecular complexity index is 567. The van der Waals surface area contributed by atoms with Crippen LogP contribution in [-0.2, 0) is 9.59 Å². The van der Waals surface area contributed by atoms with Crippen LogP contribution in [0, 0.1) is 5.82 Å². The van der Waals surface area contributed by atoms with Crippen molar-refractivity contribution in [1.82, 2.24) is 5.32 Å². The predicted octanol–water partition coefficient (Wildman–Crippen LogP) is 1.92. The Morgan fingerprint density at radius 1 is 1.29 bits per heavy atom. The topological polar surface area (TPSA) is 116 Å². The van der Waals surface area contributed by atoms with Crippen molar-refractivity contribution >= 4 is 35.3 Å². The van der Waals surface area contributed by atoms with E-state index in [-0.39, 0.29) is 17.1 Å². The van der Waals surface area contributed by atoms with E-state index < -0.39 is 36.2 Å². The first-order chi connectivity index (χ1) is 9.79. The van der Waals surface area contributed by atoms with Gasteiger partial charge in [0.05, 0.1) is 10.7 Å². The third-order valence-corrected chi connectivity index (χ3v) is 2.76. The Morgan fingerprint density at radius 3 is 2.52 bits per heavy atom. The van der Waals surface area contributed by atoms with Gasteiger partial charge in [-0.1, -0.05) is 11.6 Å². The fourth-order valence-corrected chi connectivity index (χ4v) is 1.60. The number of hydrogen-bond donors (Lipinski definition) is 4. The van der Waals surface area contributed by atoms with Crippen molar-refractivity contribution in [2.75, 3.05) is 5.32 Å². The van der Waals surface area contributed by atoms with Gasteiger partial charge in [-0.05, 0) is 24.6 Å². The maximum absolute atomic E-state index is 13.0. The summed E-state index contributed by atoms with van der Waals surface area (Å²) in [5.41, 5.74) is -0.0310. The van der Waals surface area contributed by atoms with Gasteiger partial charge in [0, 0.05) is 6.42 Å². The molecular weight excluding hydrogens is 307 g/mol. The molecule has 21 heavy (non-hydrogen) atoms. The van der Waals surface area contributed by atoms with E-state index in [0.29, 0.717) is 0 Å². The monoisotopic (exact) mass is 318 g/mol. The van der Waals surface area contributed by atoms with Crippen molar-refractivity contribution in [3.63, 3.8) is 0 Å². The van der Waals surface area contributed by atoms with Gasteiger partial charge in [0.15, 0.2) is 0 Å². The number of carboxylic acid groups (broad SMARTS) is 2. The Balaban J connectivity index is 2.67. The summed E-state index contributed by atoms with van der Waals surface area (Å²) in [6, 6.07) is 0.979. The highest BCUT2D eigenvalue weighted by molar-refractivity contribution is 6.33. The highest BCUT2D eigenvalue weighted by Gasteiger charge is 2.21. The third-order valence-electron chi connectivity index (χ3n) is 2.43. The van der Waals surface area contributed by atoms with E-state index in [2.05, 4.69) is 10.6 Å². The standard InChI is InChI=1S/C12H12ClFN2O5/c13-7-2-1-6(14)5-9(7)16-12(21)15-8(11(19)20)3-4-10(17)18/h1-2,5,8H,3-4H2,(H,17,18)(H,19,20)(H2,15,16,21). The molecule has 0 bridgehead atoms. The number of hydrogen-bond acceptors (Lipinski definition) is 3. The molecule has 4 N–H and O–H groups in total. The summed E-state index contributed by atoms with van der Waals surface area (Å²) in [7, 11) is 0. The average molecular weight is 319 g/mol. The molecule has 0 aromatic heterocycles. The molecule has 0 aliphatic heterocycles. The van der Waals surface area contributed by atoms with Crippen LogP contribution < -0.4 is 10.6 Å². The molecule has 0 aliphatic rings. The minimum Gasteiger partial charge on any atom is -0.481 e. The molecule has 0 aliphatic carbocycles. The lowest BCUT2D eigenvalue weighted by Gasteiger charge is -2.14. The maximum atomic E-state index is 13.0. The van der Waals surface area contributed by atoms with E-state index in [1.165, 1.54) is 6.07 Å². The number of carbonyl (C=O) groups excluding carboxylic acids is 1. The molecule has 1 aromatic carbocycles. The van der Waals surface area contributed by atoms with E-state index in [1.807, 2.05) is 0 Å². The van der Waals surface area contributed by atoms with Crippen molar-refractivity contribution in [3.8, 4) is 0 Å². The van der Waals surface area contributed by atoms with Crippen LogP contribution in [0.25, 0.3) is 0 Å². The van der Waals surface area contributed by atoms with Gasteiger partial charge in [-0.25, -0.2) is 14.0 Å². The largest absolute Gasteiger partial charge is 0.481 e. The lowest BCUT2D eigenvalue weighted by atomic mass is 10.1. The second kappa shape index (κ2) is 7.44. The number of aliphatic carboxylic acids is 2. The van der Waals surface area contributed by atoms with Crippen LogP contribution >= 0.6 is 11.6 Å². The summed E-state index contributed by atoms with van der Waals surface area (Å²) < 4.78 is 13.0. The van der Waals surface area contributed by atoms with Crippen LogP contribution in [0.5, 0.6) is 0 Å². The van der Waals surface area contributed by atoms with Crippen LogP contribution in [-0.4, -0.2) is 34.2 Å². The zero-order chi connectivity index (χ0) is 16.0. The predicted molar refractivity (Wildman–Crippen MR) is 71.9 cm³/mol. The first kappa shape index (κ1) is 16.7. The van der Waals surface area contributed by atoms with E-state index in [0.717, 1.165) is 12.1 Å². The Morgan fingerprint density at radius 2 is 1.95 bits per heavy atom. The van der Waals surface area contributed by atoms with Gasteiger partial charge < -0.3 is 20.8 Å². The highest BCUT2D eigenvalue weighted by Crippen LogP contribution is 2.22. The average Bonchev–Trinajstić information content (AvgIpc) is 2.38. The molecule has 0 heterocycles. The van der Waals surface area contributed by atoms with Crippen molar-refractivity contribution in [1.29, 1.82) is 0 Å². The lowest BCUT2D eigenvalue weighted by molar-refractivity contribution is -0.140. The fourth-order valence-electron chi connectivity index (χ4n) is 1.44. The molecule has 0 fully saturated rings. The molecule has 0 radical (unpaired) electrons. The Labute approximate surface area is 123 Å². The van der Waals surface area contributed by atoms with E-state index in [1.54, 1.807) is 0 Å². The molecule has 1 unspecified atom stereocenters. The number of rotatable bonds is 6. The van der Waals surface area contributed by atoms with Gasteiger partial charge in [0.2, 0.25) is 0 Å². The fraction of sp³-hybridized carbons (Fsp3) is 0.250. The maximum Gasteiger partial charge on any atom is 0.326 e. The second-order valence-corrected chi connectivity index (χ2v) is 4.45. The summed E-state index contributed by atoms with van der Waals surface area (Å²) in [6.07, 6.45) is -0.701. The van der Waals surface area contributed by atoms with E-state index in [9.17, 15) is 18.8 Å². The summed E-state index contributed by atoms with van der Waals surface area (Å²) >= 11 is 5.74. The van der Waals surface area contributed by atoms with Gasteiger partial charge in [-0.15, -0.1) is 0 Å². The number of nitrogens with one attached hydrogen (secondary N) is 2. The number of amides is 2. The zero-order valence-electron chi connectivity index (χ0n) is 10.6. The number of anilines is 1. The van der Waals surface area contributed by atoms with Crippen molar-refractivity contribution < 1.29 is 29.0 Å². The molecule has 9 heteroatoms. The van der Waals surface area contributed by atoms with E-state index in [4.69, 9.17) is 21.8 Å². The summed E-state index contributed by atoms with van der Waals surface area (Å²) in [6.45, 7) is 0. The SMILES string of the molecule is O=C(O)CCC(NC(=O)Nc1cc(F)ccc1Cl)C(=O)O. The van der Waals surface area contributed by atoms with E-state index >= 15 is 0 Å². The number of carbonyl (C=O) groups is 3. The summed E-state index contributed by atoms with van der Waals surface area (Å²) in [5.74, 6) is -3.19. The van der Waals surface area contributed by atoms with Gasteiger partial charge in [-0.2, -0.15) is 0 Å². The smallest absolute Gasteiger partial charge is 0.326 e. The molecular formula is C12H12ClFN2O5. The Kier molecular flexibility index (Phi) is 5.92. The minimum absolute atomic E-state index is 0.0310. The van der Waals surface area contributed by atoms with Gasteiger partial charge in [0.1, 0.15) is 11.9 Å². The van der Waals surface area contributed by atoms with Crippen molar-refractivity contribution in [2.24, 2.45) is 0 Å². The third kappa shape index (κ3) is 5.65.